The van der Waals surface area contributed by atoms with Gasteiger partial charge in [-0.05, 0) is 12.3 Å². The predicted octanol–water partition coefficient (Wildman–Crippen LogP) is 2.51. The van der Waals surface area contributed by atoms with Crippen molar-refractivity contribution in [1.29, 1.82) is 0 Å². The van der Waals surface area contributed by atoms with Crippen LogP contribution < -0.4 is 10.4 Å². The molecule has 0 radical (unpaired) electrons. The van der Waals surface area contributed by atoms with Gasteiger partial charge >= 0.3 is 0 Å². The summed E-state index contributed by atoms with van der Waals surface area (Å²) in [6.45, 7) is 0.373. The fourth-order valence-corrected chi connectivity index (χ4v) is 2.04. The minimum atomic E-state index is -1.02. The Bertz CT molecular complexity index is 522. The van der Waals surface area contributed by atoms with E-state index in [0.29, 0.717) is 16.6 Å². The number of hydrazine groups is 1. The molecule has 0 unspecified atom stereocenters. The first-order valence-corrected chi connectivity index (χ1v) is 6.80. The number of hydrogen-bond acceptors (Lipinski definition) is 4. The summed E-state index contributed by atoms with van der Waals surface area (Å²) in [4.78, 5) is 11.7. The van der Waals surface area contributed by atoms with Gasteiger partial charge in [-0.25, -0.2) is 8.78 Å². The van der Waals surface area contributed by atoms with Crippen LogP contribution >= 0.6 is 24.0 Å². The molecule has 18 heavy (non-hydrogen) atoms. The standard InChI is InChI=1S/C11H10F2N2OS2/c1-18-11(17)14-15-3-2-10(16)6-4-7(12)8(13)5-9(6)15/h4-5H,2-3H2,1H3,(H,14,17). The Balaban J connectivity index is 2.40. The Kier molecular flexibility index (Phi) is 3.82. The van der Waals surface area contributed by atoms with Gasteiger partial charge in [0.1, 0.15) is 0 Å². The molecule has 0 spiro atoms. The van der Waals surface area contributed by atoms with E-state index < -0.39 is 11.6 Å². The zero-order valence-electron chi connectivity index (χ0n) is 9.50. The number of benzene rings is 1. The van der Waals surface area contributed by atoms with Crippen molar-refractivity contribution in [3.8, 4) is 0 Å². The van der Waals surface area contributed by atoms with Crippen LogP contribution in [0.1, 0.15) is 16.8 Å². The lowest BCUT2D eigenvalue weighted by molar-refractivity contribution is 0.0978. The zero-order chi connectivity index (χ0) is 13.3. The molecule has 0 atom stereocenters. The molecule has 1 aromatic carbocycles. The van der Waals surface area contributed by atoms with Crippen LogP contribution in [0.5, 0.6) is 0 Å². The number of nitrogens with zero attached hydrogens (tertiary/aromatic N) is 1. The van der Waals surface area contributed by atoms with Crippen molar-refractivity contribution in [3.05, 3.63) is 29.3 Å². The maximum absolute atomic E-state index is 13.2. The van der Waals surface area contributed by atoms with E-state index >= 15 is 0 Å². The number of thiocarbonyl (C=S) groups is 1. The molecule has 3 nitrogen and oxygen atoms in total. The van der Waals surface area contributed by atoms with Crippen molar-refractivity contribution < 1.29 is 13.6 Å². The highest BCUT2D eigenvalue weighted by Crippen LogP contribution is 2.28. The third kappa shape index (κ3) is 2.46. The lowest BCUT2D eigenvalue weighted by Gasteiger charge is -2.31. The van der Waals surface area contributed by atoms with E-state index in [2.05, 4.69) is 5.43 Å². The van der Waals surface area contributed by atoms with E-state index in [0.717, 1.165) is 12.1 Å². The van der Waals surface area contributed by atoms with Gasteiger partial charge < -0.3 is 0 Å². The number of fused-ring (bicyclic) bond motifs is 1. The molecule has 7 heteroatoms. The molecule has 0 saturated heterocycles. The van der Waals surface area contributed by atoms with Crippen molar-refractivity contribution in [2.24, 2.45) is 0 Å². The molecule has 96 valence electrons. The number of nitrogens with one attached hydrogen (secondary N) is 1. The number of carbonyl (C=O) groups excluding carboxylic acids is 1. The Morgan fingerprint density at radius 3 is 2.78 bits per heavy atom. The summed E-state index contributed by atoms with van der Waals surface area (Å²) in [6.07, 6.45) is 2.04. The van der Waals surface area contributed by atoms with E-state index in [4.69, 9.17) is 12.2 Å². The summed E-state index contributed by atoms with van der Waals surface area (Å²) in [5.74, 6) is -2.20. The summed E-state index contributed by atoms with van der Waals surface area (Å²) in [6, 6.07) is 1.95. The molecule has 0 aliphatic carbocycles. The first kappa shape index (κ1) is 13.2. The van der Waals surface area contributed by atoms with Crippen LogP contribution in [0, 0.1) is 11.6 Å². The maximum atomic E-state index is 13.2. The molecule has 0 aromatic heterocycles. The van der Waals surface area contributed by atoms with Crippen molar-refractivity contribution in [2.45, 2.75) is 6.42 Å². The van der Waals surface area contributed by atoms with Gasteiger partial charge in [0.15, 0.2) is 21.7 Å². The van der Waals surface area contributed by atoms with Gasteiger partial charge in [-0.3, -0.25) is 15.2 Å². The highest BCUT2D eigenvalue weighted by molar-refractivity contribution is 8.22. The maximum Gasteiger partial charge on any atom is 0.166 e. The average Bonchev–Trinajstić information content (AvgIpc) is 2.35. The lowest BCUT2D eigenvalue weighted by atomic mass is 10.0. The number of halogens is 2. The molecule has 1 aliphatic heterocycles. The van der Waals surface area contributed by atoms with Crippen molar-refractivity contribution in [1.82, 2.24) is 5.43 Å². The second kappa shape index (κ2) is 5.19. The third-order valence-electron chi connectivity index (χ3n) is 2.60. The number of anilines is 1. The molecular weight excluding hydrogens is 278 g/mol. The van der Waals surface area contributed by atoms with Crippen LogP contribution in [0.25, 0.3) is 0 Å². The molecule has 0 fully saturated rings. The summed E-state index contributed by atoms with van der Waals surface area (Å²) in [5, 5.41) is 1.57. The Hall–Kier alpha value is -1.21. The molecule has 0 bridgehead atoms. The number of carbonyl (C=O) groups is 1. The Morgan fingerprint density at radius 1 is 1.44 bits per heavy atom. The van der Waals surface area contributed by atoms with Crippen LogP contribution in [-0.2, 0) is 0 Å². The van der Waals surface area contributed by atoms with Gasteiger partial charge in [0, 0.05) is 24.6 Å². The van der Waals surface area contributed by atoms with Crippen molar-refractivity contribution >= 4 is 39.8 Å². The molecule has 0 saturated carbocycles. The second-order valence-electron chi connectivity index (χ2n) is 3.71. The molecule has 1 heterocycles. The SMILES string of the molecule is CSC(=S)NN1CCC(=O)c2cc(F)c(F)cc21. The van der Waals surface area contributed by atoms with E-state index in [1.807, 2.05) is 0 Å². The molecule has 2 rings (SSSR count). The lowest BCUT2D eigenvalue weighted by Crippen LogP contribution is -2.44. The minimum absolute atomic E-state index is 0.177. The largest absolute Gasteiger partial charge is 0.294 e. The van der Waals surface area contributed by atoms with E-state index in [9.17, 15) is 13.6 Å². The third-order valence-corrected chi connectivity index (χ3v) is 3.66. The fourth-order valence-electron chi connectivity index (χ4n) is 1.72. The van der Waals surface area contributed by atoms with Crippen LogP contribution in [0.4, 0.5) is 14.5 Å². The summed E-state index contributed by atoms with van der Waals surface area (Å²) < 4.78 is 26.9. The fraction of sp³-hybridized carbons (Fsp3) is 0.273. The summed E-state index contributed by atoms with van der Waals surface area (Å²) in [7, 11) is 0. The van der Waals surface area contributed by atoms with E-state index in [1.165, 1.54) is 11.8 Å². The van der Waals surface area contributed by atoms with Gasteiger partial charge in [-0.15, -0.1) is 0 Å². The molecule has 1 aliphatic rings. The molecular formula is C11H10F2N2OS2. The van der Waals surface area contributed by atoms with Crippen molar-refractivity contribution in [2.75, 3.05) is 17.8 Å². The highest BCUT2D eigenvalue weighted by Gasteiger charge is 2.25. The van der Waals surface area contributed by atoms with Gasteiger partial charge in [0.25, 0.3) is 0 Å². The highest BCUT2D eigenvalue weighted by atomic mass is 32.2. The summed E-state index contributed by atoms with van der Waals surface area (Å²) in [5.41, 5.74) is 3.38. The van der Waals surface area contributed by atoms with E-state index in [1.54, 1.807) is 11.3 Å². The number of hydrogen-bond donors (Lipinski definition) is 1. The van der Waals surface area contributed by atoms with Gasteiger partial charge in [-0.1, -0.05) is 24.0 Å². The minimum Gasteiger partial charge on any atom is -0.294 e. The van der Waals surface area contributed by atoms with Gasteiger partial charge in [0.05, 0.1) is 5.69 Å². The van der Waals surface area contributed by atoms with Gasteiger partial charge in [-0.2, -0.15) is 0 Å². The van der Waals surface area contributed by atoms with Gasteiger partial charge in [0.2, 0.25) is 0 Å². The van der Waals surface area contributed by atoms with Crippen LogP contribution in [0.2, 0.25) is 0 Å². The summed E-state index contributed by atoms with van der Waals surface area (Å²) >= 11 is 6.34. The zero-order valence-corrected chi connectivity index (χ0v) is 11.1. The number of Topliss-reactive ketones (excluding diaryl/α,β-unsaturated/α-hetero) is 1. The number of rotatable bonds is 1. The topological polar surface area (TPSA) is 32.3 Å². The van der Waals surface area contributed by atoms with Crippen LogP contribution in [0.3, 0.4) is 0 Å². The molecule has 0 amide bonds. The number of thioether (sulfide) groups is 1. The second-order valence-corrected chi connectivity index (χ2v) is 5.19. The Morgan fingerprint density at radius 2 is 2.11 bits per heavy atom. The predicted molar refractivity (Wildman–Crippen MR) is 71.9 cm³/mol. The normalized spacial score (nSPS) is 14.4. The van der Waals surface area contributed by atoms with Crippen molar-refractivity contribution in [3.63, 3.8) is 0 Å². The van der Waals surface area contributed by atoms with Crippen LogP contribution in [-0.4, -0.2) is 22.9 Å². The van der Waals surface area contributed by atoms with E-state index in [-0.39, 0.29) is 17.8 Å². The molecule has 1 aromatic rings. The average molecular weight is 288 g/mol. The number of ketones is 1. The molecule has 1 N–H and O–H groups in total. The quantitative estimate of drug-likeness (QED) is 0.803. The smallest absolute Gasteiger partial charge is 0.166 e. The first-order valence-electron chi connectivity index (χ1n) is 5.17. The first-order chi connectivity index (χ1) is 8.52. The Labute approximate surface area is 113 Å². The monoisotopic (exact) mass is 288 g/mol. The van der Waals surface area contributed by atoms with Crippen LogP contribution in [0.15, 0.2) is 12.1 Å².